The van der Waals surface area contributed by atoms with Crippen molar-refractivity contribution in [3.05, 3.63) is 29.3 Å². The number of benzene rings is 1. The van der Waals surface area contributed by atoms with Gasteiger partial charge in [-0.1, -0.05) is 17.7 Å². The summed E-state index contributed by atoms with van der Waals surface area (Å²) in [6, 6.07) is 6.79. The molecule has 0 aliphatic carbocycles. The number of nitrogens with zero attached hydrogens (tertiary/aromatic N) is 1. The second-order valence-electron chi connectivity index (χ2n) is 4.56. The Bertz CT molecular complexity index is 477. The minimum Gasteiger partial charge on any atom is -0.273 e. The summed E-state index contributed by atoms with van der Waals surface area (Å²) < 4.78 is 24.7. The van der Waals surface area contributed by atoms with E-state index in [4.69, 9.17) is 11.6 Å². The van der Waals surface area contributed by atoms with Crippen LogP contribution < -0.4 is 4.31 Å². The van der Waals surface area contributed by atoms with E-state index in [1.54, 1.807) is 45.0 Å². The molecule has 1 rings (SSSR count). The number of anilines is 1. The molecule has 0 unspecified atom stereocenters. The van der Waals surface area contributed by atoms with Crippen LogP contribution in [0, 0.1) is 0 Å². The molecule has 0 N–H and O–H groups in total. The summed E-state index contributed by atoms with van der Waals surface area (Å²) in [5, 5.41) is 0.522. The van der Waals surface area contributed by atoms with E-state index in [2.05, 4.69) is 0 Å². The largest absolute Gasteiger partial charge is 0.273 e. The summed E-state index contributed by atoms with van der Waals surface area (Å²) in [5.74, 6) is 0. The normalized spacial score (nSPS) is 12.6. The minimum absolute atomic E-state index is 0.522. The van der Waals surface area contributed by atoms with Crippen LogP contribution in [0.4, 0.5) is 5.69 Å². The molecule has 0 spiro atoms. The van der Waals surface area contributed by atoms with Gasteiger partial charge < -0.3 is 0 Å². The maximum absolute atomic E-state index is 12.1. The zero-order valence-corrected chi connectivity index (χ0v) is 11.4. The van der Waals surface area contributed by atoms with E-state index in [9.17, 15) is 8.42 Å². The standard InChI is InChI=1S/C11H16ClNO2S/c1-11(2,3)16(14,15)13(4)10-7-5-6-9(12)8-10/h5-8H,1-4H3. The Morgan fingerprint density at radius 3 is 2.25 bits per heavy atom. The predicted molar refractivity (Wildman–Crippen MR) is 68.5 cm³/mol. The lowest BCUT2D eigenvalue weighted by molar-refractivity contribution is 0.558. The van der Waals surface area contributed by atoms with Gasteiger partial charge >= 0.3 is 0 Å². The molecule has 16 heavy (non-hydrogen) atoms. The van der Waals surface area contributed by atoms with E-state index < -0.39 is 14.8 Å². The third kappa shape index (κ3) is 2.50. The van der Waals surface area contributed by atoms with Crippen LogP contribution in [0.15, 0.2) is 24.3 Å². The van der Waals surface area contributed by atoms with Crippen LogP contribution in [0.25, 0.3) is 0 Å². The van der Waals surface area contributed by atoms with Crippen molar-refractivity contribution in [2.45, 2.75) is 25.5 Å². The van der Waals surface area contributed by atoms with Crippen LogP contribution in [-0.4, -0.2) is 20.2 Å². The minimum atomic E-state index is -3.37. The Labute approximate surface area is 102 Å². The molecule has 0 aliphatic rings. The number of rotatable bonds is 2. The predicted octanol–water partition coefficient (Wildman–Crippen LogP) is 2.90. The summed E-state index contributed by atoms with van der Waals surface area (Å²) in [6.45, 7) is 5.01. The highest BCUT2D eigenvalue weighted by Gasteiger charge is 2.33. The molecule has 0 heterocycles. The maximum Gasteiger partial charge on any atom is 0.239 e. The van der Waals surface area contributed by atoms with Gasteiger partial charge in [-0.25, -0.2) is 8.42 Å². The summed E-state index contributed by atoms with van der Waals surface area (Å²) in [6.07, 6.45) is 0. The highest BCUT2D eigenvalue weighted by Crippen LogP contribution is 2.26. The van der Waals surface area contributed by atoms with E-state index in [1.807, 2.05) is 0 Å². The maximum atomic E-state index is 12.1. The average Bonchev–Trinajstić information content (AvgIpc) is 2.14. The van der Waals surface area contributed by atoms with Crippen LogP contribution in [0.5, 0.6) is 0 Å². The lowest BCUT2D eigenvalue weighted by atomic mass is 10.3. The van der Waals surface area contributed by atoms with Crippen LogP contribution >= 0.6 is 11.6 Å². The topological polar surface area (TPSA) is 37.4 Å². The van der Waals surface area contributed by atoms with Gasteiger partial charge in [0.25, 0.3) is 0 Å². The Morgan fingerprint density at radius 1 is 1.25 bits per heavy atom. The highest BCUT2D eigenvalue weighted by atomic mass is 35.5. The van der Waals surface area contributed by atoms with Crippen molar-refractivity contribution in [3.63, 3.8) is 0 Å². The molecule has 1 aromatic rings. The molecule has 0 saturated carbocycles. The average molecular weight is 262 g/mol. The first-order chi connectivity index (χ1) is 7.16. The number of hydrogen-bond donors (Lipinski definition) is 0. The molecule has 0 aromatic heterocycles. The monoisotopic (exact) mass is 261 g/mol. The van der Waals surface area contributed by atoms with Gasteiger partial charge in [-0.2, -0.15) is 0 Å². The van der Waals surface area contributed by atoms with Gasteiger partial charge in [0.05, 0.1) is 10.4 Å². The fourth-order valence-electron chi connectivity index (χ4n) is 1.22. The number of halogens is 1. The smallest absolute Gasteiger partial charge is 0.239 e. The van der Waals surface area contributed by atoms with Crippen LogP contribution in [0.2, 0.25) is 5.02 Å². The molecule has 0 amide bonds. The highest BCUT2D eigenvalue weighted by molar-refractivity contribution is 7.94. The zero-order chi connectivity index (χ0) is 12.6. The van der Waals surface area contributed by atoms with Crippen molar-refractivity contribution in [1.29, 1.82) is 0 Å². The van der Waals surface area contributed by atoms with Crippen molar-refractivity contribution in [2.75, 3.05) is 11.4 Å². The molecule has 0 bridgehead atoms. The molecule has 0 fully saturated rings. The molecule has 1 aromatic carbocycles. The lowest BCUT2D eigenvalue weighted by Crippen LogP contribution is -2.40. The number of sulfonamides is 1. The zero-order valence-electron chi connectivity index (χ0n) is 9.86. The van der Waals surface area contributed by atoms with E-state index >= 15 is 0 Å². The summed E-state index contributed by atoms with van der Waals surface area (Å²) in [5.41, 5.74) is 0.572. The SMILES string of the molecule is CN(c1cccc(Cl)c1)S(=O)(=O)C(C)(C)C. The summed E-state index contributed by atoms with van der Waals surface area (Å²) >= 11 is 5.83. The van der Waals surface area contributed by atoms with Crippen LogP contribution in [0.1, 0.15) is 20.8 Å². The van der Waals surface area contributed by atoms with Gasteiger partial charge in [0.2, 0.25) is 10.0 Å². The third-order valence-electron chi connectivity index (χ3n) is 2.31. The van der Waals surface area contributed by atoms with Crippen molar-refractivity contribution < 1.29 is 8.42 Å². The molecule has 0 radical (unpaired) electrons. The first-order valence-corrected chi connectivity index (χ1v) is 6.72. The van der Waals surface area contributed by atoms with Gasteiger partial charge in [-0.15, -0.1) is 0 Å². The van der Waals surface area contributed by atoms with E-state index in [0.717, 1.165) is 0 Å². The second kappa shape index (κ2) is 4.26. The lowest BCUT2D eigenvalue weighted by Gasteiger charge is -2.28. The van der Waals surface area contributed by atoms with Crippen molar-refractivity contribution in [3.8, 4) is 0 Å². The summed E-state index contributed by atoms with van der Waals surface area (Å²) in [7, 11) is -1.84. The third-order valence-corrected chi connectivity index (χ3v) is 5.02. The molecule has 5 heteroatoms. The van der Waals surface area contributed by atoms with E-state index in [1.165, 1.54) is 11.4 Å². The van der Waals surface area contributed by atoms with Gasteiger partial charge in [-0.05, 0) is 39.0 Å². The quantitative estimate of drug-likeness (QED) is 0.821. The molecule has 0 aliphatic heterocycles. The van der Waals surface area contributed by atoms with E-state index in [0.29, 0.717) is 10.7 Å². The number of hydrogen-bond acceptors (Lipinski definition) is 2. The van der Waals surface area contributed by atoms with Crippen LogP contribution in [-0.2, 0) is 10.0 Å². The van der Waals surface area contributed by atoms with Crippen LogP contribution in [0.3, 0.4) is 0 Å². The second-order valence-corrected chi connectivity index (χ2v) is 7.72. The van der Waals surface area contributed by atoms with Crippen molar-refractivity contribution in [2.24, 2.45) is 0 Å². The molecule has 3 nitrogen and oxygen atoms in total. The van der Waals surface area contributed by atoms with Crippen molar-refractivity contribution >= 4 is 27.3 Å². The Balaban J connectivity index is 3.18. The molecular formula is C11H16ClNO2S. The van der Waals surface area contributed by atoms with Crippen molar-refractivity contribution in [1.82, 2.24) is 0 Å². The van der Waals surface area contributed by atoms with E-state index in [-0.39, 0.29) is 0 Å². The van der Waals surface area contributed by atoms with Gasteiger partial charge in [0.15, 0.2) is 0 Å². The Morgan fingerprint density at radius 2 is 1.81 bits per heavy atom. The fraction of sp³-hybridized carbons (Fsp3) is 0.455. The molecule has 90 valence electrons. The van der Waals surface area contributed by atoms with Gasteiger partial charge in [0, 0.05) is 12.1 Å². The first-order valence-electron chi connectivity index (χ1n) is 4.90. The Kier molecular flexibility index (Phi) is 3.55. The molecule has 0 atom stereocenters. The summed E-state index contributed by atoms with van der Waals surface area (Å²) in [4.78, 5) is 0. The molecule has 0 saturated heterocycles. The fourth-order valence-corrected chi connectivity index (χ4v) is 2.62. The first kappa shape index (κ1) is 13.3. The Hall–Kier alpha value is -0.740. The molecular weight excluding hydrogens is 246 g/mol. The van der Waals surface area contributed by atoms with Gasteiger partial charge in [0.1, 0.15) is 0 Å². The van der Waals surface area contributed by atoms with Gasteiger partial charge in [-0.3, -0.25) is 4.31 Å².